The summed E-state index contributed by atoms with van der Waals surface area (Å²) >= 11 is 0. The van der Waals surface area contributed by atoms with Crippen molar-refractivity contribution < 1.29 is 5.11 Å². The number of hydrogen-bond acceptors (Lipinski definition) is 2. The van der Waals surface area contributed by atoms with Crippen LogP contribution in [-0.4, -0.2) is 11.7 Å². The predicted molar refractivity (Wildman–Crippen MR) is 79.7 cm³/mol. The second-order valence-electron chi connectivity index (χ2n) is 5.19. The molecule has 3 N–H and O–H groups in total. The number of aliphatic hydroxyl groups excluding tert-OH is 1. The molecule has 2 aromatic rings. The van der Waals surface area contributed by atoms with E-state index in [1.165, 1.54) is 11.1 Å². The van der Waals surface area contributed by atoms with E-state index in [0.29, 0.717) is 0 Å². The lowest BCUT2D eigenvalue weighted by Gasteiger charge is -2.25. The van der Waals surface area contributed by atoms with Crippen LogP contribution in [0.2, 0.25) is 0 Å². The van der Waals surface area contributed by atoms with E-state index in [0.717, 1.165) is 18.4 Å². The van der Waals surface area contributed by atoms with Crippen LogP contribution in [0, 0.1) is 0 Å². The fourth-order valence-electron chi connectivity index (χ4n) is 2.26. The summed E-state index contributed by atoms with van der Waals surface area (Å²) < 4.78 is 0. The minimum atomic E-state index is -0.377. The fraction of sp³-hybridized carbons (Fsp3) is 0.294. The maximum absolute atomic E-state index is 8.91. The Morgan fingerprint density at radius 1 is 0.947 bits per heavy atom. The normalized spacial score (nSPS) is 14.1. The van der Waals surface area contributed by atoms with Gasteiger partial charge < -0.3 is 10.8 Å². The van der Waals surface area contributed by atoms with Crippen molar-refractivity contribution >= 4 is 0 Å². The van der Waals surface area contributed by atoms with Crippen LogP contribution in [0.5, 0.6) is 0 Å². The quantitative estimate of drug-likeness (QED) is 0.861. The molecule has 0 spiro atoms. The molecule has 1 unspecified atom stereocenters. The van der Waals surface area contributed by atoms with Gasteiger partial charge in [0.05, 0.1) is 0 Å². The second-order valence-corrected chi connectivity index (χ2v) is 5.19. The molecule has 0 heterocycles. The van der Waals surface area contributed by atoms with Gasteiger partial charge in [-0.05, 0) is 36.5 Å². The topological polar surface area (TPSA) is 46.2 Å². The fourth-order valence-corrected chi connectivity index (χ4v) is 2.26. The lowest BCUT2D eigenvalue weighted by Crippen LogP contribution is -2.33. The molecule has 2 heteroatoms. The Balaban J connectivity index is 2.19. The van der Waals surface area contributed by atoms with Crippen molar-refractivity contribution in [1.82, 2.24) is 0 Å². The zero-order valence-corrected chi connectivity index (χ0v) is 11.3. The lowest BCUT2D eigenvalue weighted by molar-refractivity contribution is 0.265. The van der Waals surface area contributed by atoms with Crippen molar-refractivity contribution in [3.05, 3.63) is 60.2 Å². The Hall–Kier alpha value is -1.64. The minimum absolute atomic E-state index is 0.189. The van der Waals surface area contributed by atoms with Gasteiger partial charge >= 0.3 is 0 Å². The van der Waals surface area contributed by atoms with E-state index in [1.807, 2.05) is 25.1 Å². The molecule has 0 aliphatic carbocycles. The van der Waals surface area contributed by atoms with E-state index in [2.05, 4.69) is 36.4 Å². The zero-order chi connectivity index (χ0) is 13.7. The summed E-state index contributed by atoms with van der Waals surface area (Å²) in [4.78, 5) is 0. The van der Waals surface area contributed by atoms with Gasteiger partial charge in [-0.3, -0.25) is 0 Å². The molecule has 0 aliphatic rings. The Bertz CT molecular complexity index is 503. The Morgan fingerprint density at radius 3 is 2.11 bits per heavy atom. The molecule has 0 radical (unpaired) electrons. The summed E-state index contributed by atoms with van der Waals surface area (Å²) in [7, 11) is 0. The first kappa shape index (κ1) is 13.8. The van der Waals surface area contributed by atoms with Crippen molar-refractivity contribution in [2.24, 2.45) is 5.73 Å². The molecule has 0 saturated carbocycles. The lowest BCUT2D eigenvalue weighted by atomic mass is 9.87. The van der Waals surface area contributed by atoms with Crippen LogP contribution in [0.25, 0.3) is 11.1 Å². The van der Waals surface area contributed by atoms with Crippen LogP contribution >= 0.6 is 0 Å². The molecule has 0 aliphatic heterocycles. The van der Waals surface area contributed by atoms with Crippen molar-refractivity contribution in [2.45, 2.75) is 25.3 Å². The number of aliphatic hydroxyl groups is 1. The first-order valence-electron chi connectivity index (χ1n) is 6.69. The van der Waals surface area contributed by atoms with Gasteiger partial charge in [-0.2, -0.15) is 0 Å². The van der Waals surface area contributed by atoms with Crippen LogP contribution in [0.4, 0.5) is 0 Å². The van der Waals surface area contributed by atoms with Crippen LogP contribution in [0.1, 0.15) is 25.3 Å². The second kappa shape index (κ2) is 6.00. The van der Waals surface area contributed by atoms with Crippen LogP contribution in [-0.2, 0) is 5.54 Å². The van der Waals surface area contributed by atoms with Gasteiger partial charge in [0.15, 0.2) is 0 Å². The monoisotopic (exact) mass is 255 g/mol. The summed E-state index contributed by atoms with van der Waals surface area (Å²) in [5.41, 5.74) is 9.44. The van der Waals surface area contributed by atoms with Crippen molar-refractivity contribution in [1.29, 1.82) is 0 Å². The van der Waals surface area contributed by atoms with E-state index in [-0.39, 0.29) is 12.1 Å². The molecule has 0 saturated heterocycles. The maximum Gasteiger partial charge on any atom is 0.0431 e. The van der Waals surface area contributed by atoms with Gasteiger partial charge in [0.1, 0.15) is 0 Å². The Labute approximate surface area is 114 Å². The van der Waals surface area contributed by atoms with Gasteiger partial charge in [-0.1, -0.05) is 54.6 Å². The highest BCUT2D eigenvalue weighted by molar-refractivity contribution is 5.63. The molecule has 100 valence electrons. The Morgan fingerprint density at radius 2 is 1.53 bits per heavy atom. The third-order valence-corrected chi connectivity index (χ3v) is 3.51. The van der Waals surface area contributed by atoms with Gasteiger partial charge in [0.25, 0.3) is 0 Å². The number of rotatable bonds is 5. The number of nitrogens with two attached hydrogens (primary N) is 1. The molecule has 0 aromatic heterocycles. The highest BCUT2D eigenvalue weighted by Gasteiger charge is 2.20. The first-order chi connectivity index (χ1) is 9.13. The van der Waals surface area contributed by atoms with Crippen molar-refractivity contribution in [3.8, 4) is 11.1 Å². The van der Waals surface area contributed by atoms with E-state index >= 15 is 0 Å². The van der Waals surface area contributed by atoms with Gasteiger partial charge in [-0.15, -0.1) is 0 Å². The largest absolute Gasteiger partial charge is 0.396 e. The van der Waals surface area contributed by atoms with E-state index < -0.39 is 0 Å². The highest BCUT2D eigenvalue weighted by atomic mass is 16.2. The molecule has 2 nitrogen and oxygen atoms in total. The van der Waals surface area contributed by atoms with Gasteiger partial charge in [0, 0.05) is 12.1 Å². The first-order valence-corrected chi connectivity index (χ1v) is 6.69. The van der Waals surface area contributed by atoms with E-state index in [1.54, 1.807) is 0 Å². The standard InChI is InChI=1S/C17H21NO/c1-17(18,12-5-13-19)16-10-8-15(9-11-16)14-6-3-2-4-7-14/h2-4,6-11,19H,5,12-13,18H2,1H3. The molecule has 0 fully saturated rings. The molecular formula is C17H21NO. The van der Waals surface area contributed by atoms with Crippen LogP contribution in [0.3, 0.4) is 0 Å². The Kier molecular flexibility index (Phi) is 4.35. The average molecular weight is 255 g/mol. The smallest absolute Gasteiger partial charge is 0.0431 e. The van der Waals surface area contributed by atoms with Gasteiger partial charge in [-0.25, -0.2) is 0 Å². The van der Waals surface area contributed by atoms with Crippen molar-refractivity contribution in [2.75, 3.05) is 6.61 Å². The molecule has 1 atom stereocenters. The summed E-state index contributed by atoms with van der Waals surface area (Å²) in [6.45, 7) is 2.20. The highest BCUT2D eigenvalue weighted by Crippen LogP contribution is 2.26. The summed E-state index contributed by atoms with van der Waals surface area (Å²) in [5.74, 6) is 0. The third-order valence-electron chi connectivity index (χ3n) is 3.51. The SMILES string of the molecule is CC(N)(CCCO)c1ccc(-c2ccccc2)cc1. The molecule has 2 aromatic carbocycles. The molecule has 19 heavy (non-hydrogen) atoms. The molecular weight excluding hydrogens is 234 g/mol. The zero-order valence-electron chi connectivity index (χ0n) is 11.3. The maximum atomic E-state index is 8.91. The van der Waals surface area contributed by atoms with Crippen molar-refractivity contribution in [3.63, 3.8) is 0 Å². The molecule has 0 bridgehead atoms. The van der Waals surface area contributed by atoms with Crippen LogP contribution in [0.15, 0.2) is 54.6 Å². The number of benzene rings is 2. The predicted octanol–water partition coefficient (Wildman–Crippen LogP) is 3.30. The van der Waals surface area contributed by atoms with Crippen LogP contribution < -0.4 is 5.73 Å². The van der Waals surface area contributed by atoms with Gasteiger partial charge in [0.2, 0.25) is 0 Å². The van der Waals surface area contributed by atoms with E-state index in [4.69, 9.17) is 10.8 Å². The average Bonchev–Trinajstić information content (AvgIpc) is 2.46. The van der Waals surface area contributed by atoms with E-state index in [9.17, 15) is 0 Å². The summed E-state index contributed by atoms with van der Waals surface area (Å²) in [5, 5.41) is 8.91. The summed E-state index contributed by atoms with van der Waals surface area (Å²) in [6.07, 6.45) is 1.52. The summed E-state index contributed by atoms with van der Waals surface area (Å²) in [6, 6.07) is 18.7. The molecule has 0 amide bonds. The molecule has 2 rings (SSSR count). The minimum Gasteiger partial charge on any atom is -0.396 e. The third kappa shape index (κ3) is 3.43. The number of hydrogen-bond donors (Lipinski definition) is 2.